The van der Waals surface area contributed by atoms with E-state index in [9.17, 15) is 5.11 Å². The van der Waals surface area contributed by atoms with Crippen LogP contribution >= 0.6 is 15.9 Å². The number of methoxy groups -OCH3 is 1. The standard InChI is InChI=1S/C12H18BrNO2/c1-12(15,9-14-7-8-16-2)10-5-3-4-6-11(10)13/h3-6,14-15H,7-9H2,1-2H3. The average Bonchev–Trinajstić information content (AvgIpc) is 2.25. The van der Waals surface area contributed by atoms with Gasteiger partial charge in [-0.25, -0.2) is 0 Å². The Labute approximate surface area is 105 Å². The van der Waals surface area contributed by atoms with Crippen molar-refractivity contribution in [1.29, 1.82) is 0 Å². The molecule has 0 bridgehead atoms. The highest BCUT2D eigenvalue weighted by molar-refractivity contribution is 9.10. The minimum Gasteiger partial charge on any atom is -0.384 e. The van der Waals surface area contributed by atoms with E-state index in [0.29, 0.717) is 13.2 Å². The minimum absolute atomic E-state index is 0.499. The van der Waals surface area contributed by atoms with Gasteiger partial charge in [0.15, 0.2) is 0 Å². The minimum atomic E-state index is -0.881. The van der Waals surface area contributed by atoms with E-state index >= 15 is 0 Å². The van der Waals surface area contributed by atoms with Crippen LogP contribution in [0.3, 0.4) is 0 Å². The first-order chi connectivity index (χ1) is 7.58. The van der Waals surface area contributed by atoms with Crippen LogP contribution < -0.4 is 5.32 Å². The van der Waals surface area contributed by atoms with Crippen molar-refractivity contribution in [2.75, 3.05) is 26.8 Å². The van der Waals surface area contributed by atoms with E-state index in [1.165, 1.54) is 0 Å². The molecule has 1 aromatic rings. The summed E-state index contributed by atoms with van der Waals surface area (Å²) in [5, 5.41) is 13.5. The largest absolute Gasteiger partial charge is 0.384 e. The molecule has 0 radical (unpaired) electrons. The third kappa shape index (κ3) is 3.87. The van der Waals surface area contributed by atoms with Gasteiger partial charge in [-0.3, -0.25) is 0 Å². The first-order valence-corrected chi connectivity index (χ1v) is 6.04. The summed E-state index contributed by atoms with van der Waals surface area (Å²) in [5.74, 6) is 0. The fraction of sp³-hybridized carbons (Fsp3) is 0.500. The highest BCUT2D eigenvalue weighted by Gasteiger charge is 2.24. The zero-order valence-corrected chi connectivity index (χ0v) is 11.3. The predicted octanol–water partition coefficient (Wildman–Crippen LogP) is 1.89. The number of rotatable bonds is 6. The molecule has 1 rings (SSSR count). The van der Waals surface area contributed by atoms with Gasteiger partial charge in [-0.05, 0) is 18.6 Å². The molecule has 3 nitrogen and oxygen atoms in total. The lowest BCUT2D eigenvalue weighted by atomic mass is 9.96. The van der Waals surface area contributed by atoms with Crippen molar-refractivity contribution in [3.05, 3.63) is 34.3 Å². The molecule has 1 atom stereocenters. The third-order valence-corrected chi connectivity index (χ3v) is 3.10. The maximum atomic E-state index is 10.3. The second-order valence-electron chi connectivity index (χ2n) is 3.92. The van der Waals surface area contributed by atoms with E-state index in [1.807, 2.05) is 24.3 Å². The van der Waals surface area contributed by atoms with Crippen molar-refractivity contribution in [1.82, 2.24) is 5.32 Å². The van der Waals surface area contributed by atoms with Crippen molar-refractivity contribution in [2.24, 2.45) is 0 Å². The zero-order valence-electron chi connectivity index (χ0n) is 9.66. The smallest absolute Gasteiger partial charge is 0.100 e. The van der Waals surface area contributed by atoms with Crippen LogP contribution in [0.5, 0.6) is 0 Å². The topological polar surface area (TPSA) is 41.5 Å². The Kier molecular flexibility index (Phi) is 5.41. The molecule has 0 saturated carbocycles. The number of nitrogens with one attached hydrogen (secondary N) is 1. The number of ether oxygens (including phenoxy) is 1. The van der Waals surface area contributed by atoms with Crippen molar-refractivity contribution >= 4 is 15.9 Å². The number of hydrogen-bond donors (Lipinski definition) is 2. The molecule has 0 heterocycles. The molecule has 0 aromatic heterocycles. The second kappa shape index (κ2) is 6.35. The van der Waals surface area contributed by atoms with Crippen LogP contribution in [0.25, 0.3) is 0 Å². The van der Waals surface area contributed by atoms with Gasteiger partial charge < -0.3 is 15.2 Å². The highest BCUT2D eigenvalue weighted by atomic mass is 79.9. The van der Waals surface area contributed by atoms with Crippen LogP contribution in [-0.2, 0) is 10.3 Å². The summed E-state index contributed by atoms with van der Waals surface area (Å²) in [7, 11) is 1.66. The Morgan fingerprint density at radius 1 is 1.44 bits per heavy atom. The quantitative estimate of drug-likeness (QED) is 0.786. The van der Waals surface area contributed by atoms with Crippen LogP contribution in [0.4, 0.5) is 0 Å². The van der Waals surface area contributed by atoms with E-state index in [2.05, 4.69) is 21.2 Å². The van der Waals surface area contributed by atoms with E-state index in [0.717, 1.165) is 16.6 Å². The summed E-state index contributed by atoms with van der Waals surface area (Å²) < 4.78 is 5.86. The second-order valence-corrected chi connectivity index (χ2v) is 4.78. The summed E-state index contributed by atoms with van der Waals surface area (Å²) in [6.07, 6.45) is 0. The first-order valence-electron chi connectivity index (χ1n) is 5.25. The van der Waals surface area contributed by atoms with Gasteiger partial charge in [-0.2, -0.15) is 0 Å². The SMILES string of the molecule is COCCNCC(C)(O)c1ccccc1Br. The summed E-state index contributed by atoms with van der Waals surface area (Å²) in [4.78, 5) is 0. The third-order valence-electron chi connectivity index (χ3n) is 2.41. The van der Waals surface area contributed by atoms with E-state index in [1.54, 1.807) is 14.0 Å². The predicted molar refractivity (Wildman–Crippen MR) is 68.5 cm³/mol. The molecule has 0 fully saturated rings. The fourth-order valence-corrected chi connectivity index (χ4v) is 2.21. The summed E-state index contributed by atoms with van der Waals surface area (Å²) in [5.41, 5.74) is 0.00770. The molecule has 0 aliphatic rings. The van der Waals surface area contributed by atoms with Crippen LogP contribution in [0, 0.1) is 0 Å². The molecule has 2 N–H and O–H groups in total. The van der Waals surface area contributed by atoms with Crippen molar-refractivity contribution in [2.45, 2.75) is 12.5 Å². The Morgan fingerprint density at radius 3 is 2.75 bits per heavy atom. The lowest BCUT2D eigenvalue weighted by molar-refractivity contribution is 0.0543. The Bertz CT molecular complexity index is 329. The van der Waals surface area contributed by atoms with Gasteiger partial charge >= 0.3 is 0 Å². The van der Waals surface area contributed by atoms with E-state index in [-0.39, 0.29) is 0 Å². The Morgan fingerprint density at radius 2 is 2.12 bits per heavy atom. The zero-order chi connectivity index (χ0) is 12.0. The van der Waals surface area contributed by atoms with Crippen LogP contribution in [-0.4, -0.2) is 31.9 Å². The molecule has 0 aliphatic heterocycles. The number of hydrogen-bond acceptors (Lipinski definition) is 3. The van der Waals surface area contributed by atoms with Gasteiger partial charge in [-0.15, -0.1) is 0 Å². The molecule has 0 aliphatic carbocycles. The molecule has 4 heteroatoms. The summed E-state index contributed by atoms with van der Waals surface area (Å²) in [6.45, 7) is 3.68. The van der Waals surface area contributed by atoms with E-state index in [4.69, 9.17) is 4.74 Å². The molecule has 90 valence electrons. The average molecular weight is 288 g/mol. The molecule has 0 saturated heterocycles. The number of halogens is 1. The summed E-state index contributed by atoms with van der Waals surface area (Å²) in [6, 6.07) is 7.70. The van der Waals surface area contributed by atoms with Gasteiger partial charge in [0.05, 0.1) is 6.61 Å². The lowest BCUT2D eigenvalue weighted by Gasteiger charge is -2.25. The van der Waals surface area contributed by atoms with Gasteiger partial charge in [-0.1, -0.05) is 34.1 Å². The molecular weight excluding hydrogens is 270 g/mol. The molecule has 0 spiro atoms. The van der Waals surface area contributed by atoms with Gasteiger partial charge in [0.2, 0.25) is 0 Å². The monoisotopic (exact) mass is 287 g/mol. The highest BCUT2D eigenvalue weighted by Crippen LogP contribution is 2.27. The molecular formula is C12H18BrNO2. The lowest BCUT2D eigenvalue weighted by Crippen LogP contribution is -2.37. The fourth-order valence-electron chi connectivity index (χ4n) is 1.50. The van der Waals surface area contributed by atoms with Crippen LogP contribution in [0.2, 0.25) is 0 Å². The van der Waals surface area contributed by atoms with Crippen molar-refractivity contribution in [3.63, 3.8) is 0 Å². The van der Waals surface area contributed by atoms with E-state index < -0.39 is 5.60 Å². The normalized spacial score (nSPS) is 14.8. The van der Waals surface area contributed by atoms with Crippen LogP contribution in [0.1, 0.15) is 12.5 Å². The molecule has 1 unspecified atom stereocenters. The molecule has 0 amide bonds. The van der Waals surface area contributed by atoms with Crippen LogP contribution in [0.15, 0.2) is 28.7 Å². The molecule has 1 aromatic carbocycles. The van der Waals surface area contributed by atoms with Crippen molar-refractivity contribution < 1.29 is 9.84 Å². The Hall–Kier alpha value is -0.420. The first kappa shape index (κ1) is 13.6. The van der Waals surface area contributed by atoms with Crippen molar-refractivity contribution in [3.8, 4) is 0 Å². The number of aliphatic hydroxyl groups is 1. The number of benzene rings is 1. The molecule has 16 heavy (non-hydrogen) atoms. The maximum Gasteiger partial charge on any atom is 0.100 e. The van der Waals surface area contributed by atoms with Gasteiger partial charge in [0, 0.05) is 24.7 Å². The summed E-state index contributed by atoms with van der Waals surface area (Å²) >= 11 is 3.44. The van der Waals surface area contributed by atoms with Gasteiger partial charge in [0.25, 0.3) is 0 Å². The maximum absolute atomic E-state index is 10.3. The van der Waals surface area contributed by atoms with Gasteiger partial charge in [0.1, 0.15) is 5.60 Å². The Balaban J connectivity index is 2.59.